The SMILES string of the molecule is Cc1ccc(C)c(CC(=O)Nc2cc(CSCCO)ccn2)c1. The predicted molar refractivity (Wildman–Crippen MR) is 95.7 cm³/mol. The summed E-state index contributed by atoms with van der Waals surface area (Å²) in [6.07, 6.45) is 2.04. The van der Waals surface area contributed by atoms with Gasteiger partial charge in [-0.05, 0) is 42.7 Å². The third-order valence-electron chi connectivity index (χ3n) is 3.45. The van der Waals surface area contributed by atoms with E-state index in [-0.39, 0.29) is 12.5 Å². The number of hydrogen-bond donors (Lipinski definition) is 2. The molecular formula is C18H22N2O2S. The number of anilines is 1. The number of pyridine rings is 1. The molecule has 0 bridgehead atoms. The van der Waals surface area contributed by atoms with Crippen molar-refractivity contribution in [1.29, 1.82) is 0 Å². The molecule has 0 unspecified atom stereocenters. The summed E-state index contributed by atoms with van der Waals surface area (Å²) in [5.74, 6) is 2.01. The lowest BCUT2D eigenvalue weighted by Gasteiger charge is -2.09. The highest BCUT2D eigenvalue weighted by molar-refractivity contribution is 7.98. The van der Waals surface area contributed by atoms with E-state index in [1.165, 1.54) is 0 Å². The Morgan fingerprint density at radius 2 is 2.09 bits per heavy atom. The molecule has 0 aliphatic carbocycles. The van der Waals surface area contributed by atoms with Crippen molar-refractivity contribution < 1.29 is 9.90 Å². The van der Waals surface area contributed by atoms with Crippen LogP contribution in [0, 0.1) is 13.8 Å². The number of aryl methyl sites for hydroxylation is 2. The van der Waals surface area contributed by atoms with Crippen molar-refractivity contribution >= 4 is 23.5 Å². The second-order valence-electron chi connectivity index (χ2n) is 5.48. The molecule has 1 aromatic heterocycles. The van der Waals surface area contributed by atoms with Crippen molar-refractivity contribution in [1.82, 2.24) is 4.98 Å². The van der Waals surface area contributed by atoms with Crippen molar-refractivity contribution in [3.05, 3.63) is 58.8 Å². The standard InChI is InChI=1S/C18H22N2O2S/c1-13-3-4-14(2)16(9-13)11-18(22)20-17-10-15(5-6-19-17)12-23-8-7-21/h3-6,9-10,21H,7-8,11-12H2,1-2H3,(H,19,20,22). The normalized spacial score (nSPS) is 10.6. The number of nitrogens with one attached hydrogen (secondary N) is 1. The summed E-state index contributed by atoms with van der Waals surface area (Å²) < 4.78 is 0. The number of aliphatic hydroxyl groups is 1. The fraction of sp³-hybridized carbons (Fsp3) is 0.333. The van der Waals surface area contributed by atoms with Gasteiger partial charge in [0.05, 0.1) is 13.0 Å². The molecule has 2 rings (SSSR count). The molecule has 4 nitrogen and oxygen atoms in total. The third kappa shape index (κ3) is 5.69. The van der Waals surface area contributed by atoms with Crippen LogP contribution in [0.2, 0.25) is 0 Å². The number of hydrogen-bond acceptors (Lipinski definition) is 4. The van der Waals surface area contributed by atoms with Crippen LogP contribution in [0.15, 0.2) is 36.5 Å². The van der Waals surface area contributed by atoms with Gasteiger partial charge in [0.1, 0.15) is 5.82 Å². The molecule has 0 saturated carbocycles. The molecule has 122 valence electrons. The summed E-state index contributed by atoms with van der Waals surface area (Å²) in [5, 5.41) is 11.7. The van der Waals surface area contributed by atoms with Gasteiger partial charge in [-0.2, -0.15) is 11.8 Å². The maximum atomic E-state index is 12.2. The Balaban J connectivity index is 1.97. The zero-order chi connectivity index (χ0) is 16.7. The van der Waals surface area contributed by atoms with Crippen LogP contribution in [0.3, 0.4) is 0 Å². The molecule has 2 aromatic rings. The average molecular weight is 330 g/mol. The largest absolute Gasteiger partial charge is 0.396 e. The van der Waals surface area contributed by atoms with Crippen LogP contribution in [0.5, 0.6) is 0 Å². The number of benzene rings is 1. The number of aromatic nitrogens is 1. The minimum Gasteiger partial charge on any atom is -0.396 e. The highest BCUT2D eigenvalue weighted by Gasteiger charge is 2.08. The van der Waals surface area contributed by atoms with Gasteiger partial charge in [-0.3, -0.25) is 4.79 Å². The lowest BCUT2D eigenvalue weighted by molar-refractivity contribution is -0.115. The molecule has 1 amide bonds. The van der Waals surface area contributed by atoms with Gasteiger partial charge in [0.15, 0.2) is 0 Å². The second-order valence-corrected chi connectivity index (χ2v) is 6.59. The van der Waals surface area contributed by atoms with Crippen LogP contribution in [0.1, 0.15) is 22.3 Å². The summed E-state index contributed by atoms with van der Waals surface area (Å²) in [6, 6.07) is 9.93. The minimum atomic E-state index is -0.0636. The van der Waals surface area contributed by atoms with Crippen LogP contribution >= 0.6 is 11.8 Å². The summed E-state index contributed by atoms with van der Waals surface area (Å²) in [5.41, 5.74) is 4.39. The summed E-state index contributed by atoms with van der Waals surface area (Å²) in [4.78, 5) is 16.4. The van der Waals surface area contributed by atoms with Crippen LogP contribution in [-0.2, 0) is 17.0 Å². The summed E-state index contributed by atoms with van der Waals surface area (Å²) in [7, 11) is 0. The fourth-order valence-electron chi connectivity index (χ4n) is 2.24. The Morgan fingerprint density at radius 1 is 1.26 bits per heavy atom. The monoisotopic (exact) mass is 330 g/mol. The summed E-state index contributed by atoms with van der Waals surface area (Å²) >= 11 is 1.65. The lowest BCUT2D eigenvalue weighted by atomic mass is 10.0. The van der Waals surface area contributed by atoms with Gasteiger partial charge >= 0.3 is 0 Å². The molecule has 0 spiro atoms. The number of carbonyl (C=O) groups excluding carboxylic acids is 1. The Labute approximate surface area is 141 Å². The molecule has 1 aromatic carbocycles. The van der Waals surface area contributed by atoms with Gasteiger partial charge in [0.2, 0.25) is 5.91 Å². The van der Waals surface area contributed by atoms with Crippen LogP contribution in [0.4, 0.5) is 5.82 Å². The van der Waals surface area contributed by atoms with E-state index in [0.717, 1.165) is 28.0 Å². The quantitative estimate of drug-likeness (QED) is 0.766. The molecule has 2 N–H and O–H groups in total. The average Bonchev–Trinajstić information content (AvgIpc) is 2.51. The maximum absolute atomic E-state index is 12.2. The maximum Gasteiger partial charge on any atom is 0.229 e. The zero-order valence-electron chi connectivity index (χ0n) is 13.5. The van der Waals surface area contributed by atoms with Crippen LogP contribution in [-0.4, -0.2) is 28.4 Å². The van der Waals surface area contributed by atoms with Gasteiger partial charge in [-0.25, -0.2) is 4.98 Å². The molecule has 0 saturated heterocycles. The molecule has 0 atom stereocenters. The molecular weight excluding hydrogens is 308 g/mol. The van der Waals surface area contributed by atoms with E-state index >= 15 is 0 Å². The highest BCUT2D eigenvalue weighted by Crippen LogP contribution is 2.15. The predicted octanol–water partition coefficient (Wildman–Crippen LogP) is 3.11. The highest BCUT2D eigenvalue weighted by atomic mass is 32.2. The zero-order valence-corrected chi connectivity index (χ0v) is 14.3. The molecule has 23 heavy (non-hydrogen) atoms. The van der Waals surface area contributed by atoms with Crippen LogP contribution < -0.4 is 5.32 Å². The van der Waals surface area contributed by atoms with E-state index in [1.54, 1.807) is 18.0 Å². The molecule has 0 radical (unpaired) electrons. The molecule has 0 aliphatic heterocycles. The Bertz CT molecular complexity index is 674. The fourth-order valence-corrected chi connectivity index (χ4v) is 2.93. The first-order valence-electron chi connectivity index (χ1n) is 7.58. The first-order valence-corrected chi connectivity index (χ1v) is 8.73. The molecule has 0 fully saturated rings. The van der Waals surface area contributed by atoms with E-state index in [0.29, 0.717) is 18.0 Å². The van der Waals surface area contributed by atoms with E-state index in [4.69, 9.17) is 5.11 Å². The summed E-state index contributed by atoms with van der Waals surface area (Å²) in [6.45, 7) is 4.21. The lowest BCUT2D eigenvalue weighted by Crippen LogP contribution is -2.16. The van der Waals surface area contributed by atoms with Gasteiger partial charge < -0.3 is 10.4 Å². The number of rotatable bonds is 7. The Kier molecular flexibility index (Phi) is 6.62. The van der Waals surface area contributed by atoms with E-state index in [1.807, 2.05) is 44.2 Å². The first-order chi connectivity index (χ1) is 11.1. The molecule has 1 heterocycles. The topological polar surface area (TPSA) is 62.2 Å². The van der Waals surface area contributed by atoms with Crippen molar-refractivity contribution in [2.24, 2.45) is 0 Å². The van der Waals surface area contributed by atoms with Gasteiger partial charge in [-0.15, -0.1) is 0 Å². The number of nitrogens with zero attached hydrogens (tertiary/aromatic N) is 1. The minimum absolute atomic E-state index is 0.0636. The van der Waals surface area contributed by atoms with Crippen molar-refractivity contribution in [2.75, 3.05) is 17.7 Å². The molecule has 5 heteroatoms. The smallest absolute Gasteiger partial charge is 0.229 e. The van der Waals surface area contributed by atoms with Crippen molar-refractivity contribution in [3.8, 4) is 0 Å². The van der Waals surface area contributed by atoms with Gasteiger partial charge in [0.25, 0.3) is 0 Å². The van der Waals surface area contributed by atoms with E-state index in [9.17, 15) is 4.79 Å². The number of amides is 1. The van der Waals surface area contributed by atoms with E-state index in [2.05, 4.69) is 10.3 Å². The second kappa shape index (κ2) is 8.70. The number of carbonyl (C=O) groups is 1. The Morgan fingerprint density at radius 3 is 2.87 bits per heavy atom. The first kappa shape index (κ1) is 17.5. The van der Waals surface area contributed by atoms with Crippen molar-refractivity contribution in [3.63, 3.8) is 0 Å². The Hall–Kier alpha value is -1.85. The number of thioether (sulfide) groups is 1. The van der Waals surface area contributed by atoms with Crippen molar-refractivity contribution in [2.45, 2.75) is 26.0 Å². The third-order valence-corrected chi connectivity index (χ3v) is 4.46. The number of aliphatic hydroxyl groups excluding tert-OH is 1. The van der Waals surface area contributed by atoms with E-state index < -0.39 is 0 Å². The van der Waals surface area contributed by atoms with Gasteiger partial charge in [0, 0.05) is 17.7 Å². The van der Waals surface area contributed by atoms with Gasteiger partial charge in [-0.1, -0.05) is 23.8 Å². The van der Waals surface area contributed by atoms with Crippen LogP contribution in [0.25, 0.3) is 0 Å². The molecule has 0 aliphatic rings.